The van der Waals surface area contributed by atoms with E-state index in [9.17, 15) is 39.9 Å². The van der Waals surface area contributed by atoms with Gasteiger partial charge in [0, 0.05) is 34.9 Å². The average Bonchev–Trinajstić information content (AvgIpc) is 2.97. The summed E-state index contributed by atoms with van der Waals surface area (Å²) in [5, 5.41) is 54.4. The lowest BCUT2D eigenvalue weighted by Crippen LogP contribution is -2.57. The van der Waals surface area contributed by atoms with Crippen LogP contribution in [-0.2, 0) is 16.0 Å². The number of aliphatic hydroxyl groups excluding tert-OH is 3. The summed E-state index contributed by atoms with van der Waals surface area (Å²) < 4.78 is 0. The van der Waals surface area contributed by atoms with Crippen molar-refractivity contribution in [3.05, 3.63) is 80.5 Å². The Kier molecular flexibility index (Phi) is 5.38. The van der Waals surface area contributed by atoms with Crippen LogP contribution in [0.1, 0.15) is 40.7 Å². The molecule has 0 saturated carbocycles. The Morgan fingerprint density at radius 2 is 1.81 bits per heavy atom. The minimum atomic E-state index is -2.62. The second-order valence-corrected chi connectivity index (χ2v) is 9.87. The maximum Gasteiger partial charge on any atom is 0.255 e. The maximum absolute atomic E-state index is 13.6. The quantitative estimate of drug-likeness (QED) is 0.328. The Morgan fingerprint density at radius 3 is 2.50 bits per heavy atom. The number of ketones is 2. The fraction of sp³-hybridized carbons (Fsp3) is 0.269. The summed E-state index contributed by atoms with van der Waals surface area (Å²) in [6, 6.07) is 2.86. The smallest absolute Gasteiger partial charge is 0.255 e. The molecule has 3 atom stereocenters. The molecule has 0 bridgehead atoms. The lowest BCUT2D eigenvalue weighted by molar-refractivity contribution is -0.144. The van der Waals surface area contributed by atoms with E-state index in [2.05, 4.69) is 0 Å². The summed E-state index contributed by atoms with van der Waals surface area (Å²) >= 11 is 6.10. The molecule has 4 aliphatic rings. The van der Waals surface area contributed by atoms with E-state index in [0.29, 0.717) is 28.2 Å². The zero-order valence-corrected chi connectivity index (χ0v) is 19.5. The molecule has 1 aromatic rings. The van der Waals surface area contributed by atoms with Gasteiger partial charge in [0.05, 0.1) is 5.56 Å². The first-order valence-corrected chi connectivity index (χ1v) is 11.6. The van der Waals surface area contributed by atoms with E-state index in [-0.39, 0.29) is 41.9 Å². The van der Waals surface area contributed by atoms with Crippen LogP contribution in [0, 0.1) is 11.8 Å². The molecule has 1 amide bonds. The molecule has 7 N–H and O–H groups in total. The van der Waals surface area contributed by atoms with Crippen LogP contribution in [0.25, 0.3) is 5.57 Å². The van der Waals surface area contributed by atoms with Gasteiger partial charge in [0.15, 0.2) is 11.4 Å². The number of benzene rings is 1. The van der Waals surface area contributed by atoms with Crippen LogP contribution in [0.4, 0.5) is 0 Å². The molecule has 9 nitrogen and oxygen atoms in total. The molecular formula is C26H22ClNO8. The van der Waals surface area contributed by atoms with Gasteiger partial charge in [-0.25, -0.2) is 0 Å². The zero-order valence-electron chi connectivity index (χ0n) is 18.8. The molecule has 0 unspecified atom stereocenters. The Labute approximate surface area is 209 Å². The molecule has 186 valence electrons. The van der Waals surface area contributed by atoms with Crippen molar-refractivity contribution in [3.63, 3.8) is 0 Å². The molecule has 36 heavy (non-hydrogen) atoms. The SMILES string of the molecule is NC(=O)C1=C(O)C[C@@H]2C[C@@H]3Cc4c(C5=CCC(Cl)=CC=C5O)ccc(O)c4C(=O)C3=C(O)[C@]2(O)C1=O. The van der Waals surface area contributed by atoms with Gasteiger partial charge >= 0.3 is 0 Å². The number of primary amides is 1. The van der Waals surface area contributed by atoms with Crippen LogP contribution in [0.5, 0.6) is 5.75 Å². The Hall–Kier alpha value is -3.82. The molecule has 0 heterocycles. The molecule has 10 heteroatoms. The summed E-state index contributed by atoms with van der Waals surface area (Å²) in [5.74, 6) is -6.96. The first-order valence-electron chi connectivity index (χ1n) is 11.2. The highest BCUT2D eigenvalue weighted by atomic mass is 35.5. The number of halogens is 1. The predicted octanol–water partition coefficient (Wildman–Crippen LogP) is 2.93. The number of phenols is 1. The second kappa shape index (κ2) is 8.11. The van der Waals surface area contributed by atoms with Gasteiger partial charge in [0.1, 0.15) is 28.6 Å². The normalized spacial score (nSPS) is 27.9. The van der Waals surface area contributed by atoms with Crippen molar-refractivity contribution in [2.24, 2.45) is 17.6 Å². The van der Waals surface area contributed by atoms with Crippen molar-refractivity contribution in [2.75, 3.05) is 0 Å². The third-order valence-electron chi connectivity index (χ3n) is 7.43. The van der Waals surface area contributed by atoms with Crippen molar-refractivity contribution < 1.29 is 39.9 Å². The van der Waals surface area contributed by atoms with Gasteiger partial charge in [-0.2, -0.15) is 0 Å². The van der Waals surface area contributed by atoms with Gasteiger partial charge in [0.25, 0.3) is 5.91 Å². The average molecular weight is 512 g/mol. The lowest BCUT2D eigenvalue weighted by atomic mass is 9.60. The molecule has 4 aliphatic carbocycles. The number of aliphatic hydroxyl groups is 4. The van der Waals surface area contributed by atoms with Crippen LogP contribution >= 0.6 is 11.6 Å². The maximum atomic E-state index is 13.6. The van der Waals surface area contributed by atoms with Crippen molar-refractivity contribution in [3.8, 4) is 5.75 Å². The van der Waals surface area contributed by atoms with Crippen molar-refractivity contribution in [2.45, 2.75) is 31.3 Å². The van der Waals surface area contributed by atoms with Gasteiger partial charge in [-0.1, -0.05) is 23.7 Å². The standard InChI is InChI=1S/C26H22ClNO8/c27-12-1-3-14(16(29)5-2-12)13-4-6-17(30)20-15(13)8-10-7-11-9-18(31)21(25(28)35)24(34)26(11,36)23(33)19(10)22(20)32/h2-6,10-11,29-31,33,36H,1,7-9H2,(H2,28,35)/t10-,11+,26+/m1/s1. The number of Topliss-reactive ketones (excluding diaryl/α,β-unsaturated/α-hetero) is 2. The fourth-order valence-corrected chi connectivity index (χ4v) is 5.89. The zero-order chi connectivity index (χ0) is 26.1. The number of carbonyl (C=O) groups is 3. The molecule has 0 aliphatic heterocycles. The first kappa shape index (κ1) is 23.9. The van der Waals surface area contributed by atoms with E-state index in [1.165, 1.54) is 12.1 Å². The lowest BCUT2D eigenvalue weighted by Gasteiger charge is -2.45. The molecular weight excluding hydrogens is 490 g/mol. The number of allylic oxidation sites excluding steroid dienone is 7. The summed E-state index contributed by atoms with van der Waals surface area (Å²) in [6.45, 7) is 0. The van der Waals surface area contributed by atoms with E-state index in [4.69, 9.17) is 17.3 Å². The van der Waals surface area contributed by atoms with E-state index in [1.807, 2.05) is 0 Å². The Bertz CT molecular complexity index is 1430. The Morgan fingerprint density at radius 1 is 1.08 bits per heavy atom. The molecule has 0 radical (unpaired) electrons. The molecule has 1 aromatic carbocycles. The van der Waals surface area contributed by atoms with Gasteiger partial charge in [0.2, 0.25) is 5.78 Å². The summed E-state index contributed by atoms with van der Waals surface area (Å²) in [7, 11) is 0. The number of hydrogen-bond donors (Lipinski definition) is 6. The molecule has 0 fully saturated rings. The van der Waals surface area contributed by atoms with Gasteiger partial charge in [-0.15, -0.1) is 0 Å². The number of rotatable bonds is 2. The Balaban J connectivity index is 1.67. The second-order valence-electron chi connectivity index (χ2n) is 9.38. The molecule has 0 aromatic heterocycles. The topological polar surface area (TPSA) is 178 Å². The number of aromatic hydroxyl groups is 1. The number of nitrogens with two attached hydrogens (primary N) is 1. The number of fused-ring (bicyclic) bond motifs is 3. The van der Waals surface area contributed by atoms with Crippen molar-refractivity contribution in [1.82, 2.24) is 0 Å². The van der Waals surface area contributed by atoms with E-state index < -0.39 is 52.0 Å². The number of amides is 1. The van der Waals surface area contributed by atoms with Crippen LogP contribution in [0.2, 0.25) is 0 Å². The third kappa shape index (κ3) is 3.23. The van der Waals surface area contributed by atoms with Gasteiger partial charge < -0.3 is 31.3 Å². The number of phenolic OH excluding ortho intramolecular Hbond substituents is 1. The minimum absolute atomic E-state index is 0.0201. The van der Waals surface area contributed by atoms with Crippen molar-refractivity contribution in [1.29, 1.82) is 0 Å². The largest absolute Gasteiger partial charge is 0.511 e. The van der Waals surface area contributed by atoms with Crippen molar-refractivity contribution >= 4 is 34.6 Å². The van der Waals surface area contributed by atoms with Gasteiger partial charge in [-0.05, 0) is 48.1 Å². The highest BCUT2D eigenvalue weighted by molar-refractivity contribution is 6.30. The van der Waals surface area contributed by atoms with E-state index >= 15 is 0 Å². The fourth-order valence-electron chi connectivity index (χ4n) is 5.75. The monoisotopic (exact) mass is 511 g/mol. The summed E-state index contributed by atoms with van der Waals surface area (Å²) in [5.41, 5.74) is 2.73. The van der Waals surface area contributed by atoms with Crippen LogP contribution in [0.3, 0.4) is 0 Å². The summed E-state index contributed by atoms with van der Waals surface area (Å²) in [6.07, 6.45) is 4.87. The molecule has 0 saturated heterocycles. The minimum Gasteiger partial charge on any atom is -0.511 e. The van der Waals surface area contributed by atoms with E-state index in [0.717, 1.165) is 0 Å². The molecule has 5 rings (SSSR count). The third-order valence-corrected chi connectivity index (χ3v) is 7.71. The van der Waals surface area contributed by atoms with Crippen LogP contribution in [0.15, 0.2) is 63.8 Å². The number of hydrogen-bond acceptors (Lipinski definition) is 8. The number of carbonyl (C=O) groups excluding carboxylic acids is 3. The van der Waals surface area contributed by atoms with Gasteiger partial charge in [-0.3, -0.25) is 14.4 Å². The van der Waals surface area contributed by atoms with Crippen LogP contribution in [-0.4, -0.2) is 48.6 Å². The molecule has 0 spiro atoms. The summed E-state index contributed by atoms with van der Waals surface area (Å²) in [4.78, 5) is 38.4. The highest BCUT2D eigenvalue weighted by Crippen LogP contribution is 2.52. The highest BCUT2D eigenvalue weighted by Gasteiger charge is 2.59. The van der Waals surface area contributed by atoms with Crippen LogP contribution < -0.4 is 5.73 Å². The predicted molar refractivity (Wildman–Crippen MR) is 128 cm³/mol. The first-order chi connectivity index (χ1) is 17.0. The van der Waals surface area contributed by atoms with E-state index in [1.54, 1.807) is 18.2 Å².